The number of hydrogen-bond donors (Lipinski definition) is 1. The fourth-order valence-corrected chi connectivity index (χ4v) is 4.86. The van der Waals surface area contributed by atoms with Crippen LogP contribution in [0.25, 0.3) is 11.1 Å². The predicted octanol–water partition coefficient (Wildman–Crippen LogP) is 4.90. The van der Waals surface area contributed by atoms with E-state index < -0.39 is 11.6 Å². The molecule has 0 saturated heterocycles. The summed E-state index contributed by atoms with van der Waals surface area (Å²) in [5.41, 5.74) is 4.82. The Morgan fingerprint density at radius 3 is 2.24 bits per heavy atom. The highest BCUT2D eigenvalue weighted by atomic mass is 16.5. The number of nitrogens with zero attached hydrogens (tertiary/aromatic N) is 2. The maximum absolute atomic E-state index is 11.0. The minimum absolute atomic E-state index is 0.0500. The van der Waals surface area contributed by atoms with Gasteiger partial charge in [0.05, 0.1) is 20.1 Å². The first-order valence-electron chi connectivity index (χ1n) is 11.3. The third kappa shape index (κ3) is 3.76. The number of fused-ring (bicyclic) bond motifs is 3. The average molecular weight is 455 g/mol. The highest BCUT2D eigenvalue weighted by Gasteiger charge is 2.45. The molecule has 1 aliphatic carbocycles. The predicted molar refractivity (Wildman–Crippen MR) is 129 cm³/mol. The Bertz CT molecular complexity index is 1260. The molecule has 0 aliphatic heterocycles. The monoisotopic (exact) mass is 454 g/mol. The van der Waals surface area contributed by atoms with Gasteiger partial charge in [-0.05, 0) is 28.8 Å². The Balaban J connectivity index is 1.52. The van der Waals surface area contributed by atoms with E-state index in [0.717, 1.165) is 28.3 Å². The number of aromatic nitrogens is 2. The molecule has 172 valence electrons. The molecule has 34 heavy (non-hydrogen) atoms. The van der Waals surface area contributed by atoms with Crippen molar-refractivity contribution in [1.29, 1.82) is 0 Å². The minimum Gasteiger partial charge on any atom is -0.497 e. The Kier molecular flexibility index (Phi) is 5.90. The maximum atomic E-state index is 11.0. The van der Waals surface area contributed by atoms with Gasteiger partial charge in [-0.25, -0.2) is 4.98 Å². The van der Waals surface area contributed by atoms with Gasteiger partial charge in [0.2, 0.25) is 0 Å². The quantitative estimate of drug-likeness (QED) is 0.390. The van der Waals surface area contributed by atoms with Crippen molar-refractivity contribution in [2.24, 2.45) is 0 Å². The van der Waals surface area contributed by atoms with Crippen molar-refractivity contribution in [2.45, 2.75) is 25.0 Å². The molecule has 1 heterocycles. The van der Waals surface area contributed by atoms with Crippen molar-refractivity contribution in [3.8, 4) is 16.9 Å². The molecule has 1 aliphatic rings. The van der Waals surface area contributed by atoms with Gasteiger partial charge in [0.25, 0.3) is 0 Å². The number of methoxy groups -OCH3 is 1. The summed E-state index contributed by atoms with van der Waals surface area (Å²) in [5.74, 6) is 0.708. The van der Waals surface area contributed by atoms with Gasteiger partial charge in [-0.15, -0.1) is 0 Å². The Hall–Kier alpha value is -3.90. The zero-order valence-corrected chi connectivity index (χ0v) is 19.0. The summed E-state index contributed by atoms with van der Waals surface area (Å²) in [6, 6.07) is 24.8. The standard InChI is InChI=1S/C28H26N2O4/c1-33-21-12-10-20(11-13-21)28(34-19-18-30-17-16-29-26(30)14-15-27(31)32)24-8-4-2-6-22(24)23-7-3-5-9-25(23)28/h2-13,16-17H,14-15,18-19H2,1H3,(H,31,32). The van der Waals surface area contributed by atoms with E-state index in [0.29, 0.717) is 19.6 Å². The Morgan fingerprint density at radius 1 is 0.971 bits per heavy atom. The van der Waals surface area contributed by atoms with Crippen LogP contribution in [0.3, 0.4) is 0 Å². The molecule has 0 atom stereocenters. The van der Waals surface area contributed by atoms with Crippen molar-refractivity contribution < 1.29 is 19.4 Å². The van der Waals surface area contributed by atoms with Crippen LogP contribution in [-0.4, -0.2) is 34.3 Å². The molecule has 0 spiro atoms. The SMILES string of the molecule is COc1ccc(C2(OCCn3ccnc3CCC(=O)O)c3ccccc3-c3ccccc32)cc1. The van der Waals surface area contributed by atoms with Crippen LogP contribution in [0.4, 0.5) is 0 Å². The first-order chi connectivity index (χ1) is 16.6. The van der Waals surface area contributed by atoms with E-state index in [1.165, 1.54) is 11.1 Å². The van der Waals surface area contributed by atoms with Gasteiger partial charge in [0.1, 0.15) is 17.2 Å². The first-order valence-corrected chi connectivity index (χ1v) is 11.3. The molecule has 0 fully saturated rings. The number of aliphatic carboxylic acids is 1. The third-order valence-electron chi connectivity index (χ3n) is 6.41. The lowest BCUT2D eigenvalue weighted by atomic mass is 9.84. The van der Waals surface area contributed by atoms with Crippen molar-refractivity contribution in [2.75, 3.05) is 13.7 Å². The molecular weight excluding hydrogens is 428 g/mol. The fraction of sp³-hybridized carbons (Fsp3) is 0.214. The van der Waals surface area contributed by atoms with Crippen LogP contribution in [0.2, 0.25) is 0 Å². The Labute approximate surface area is 198 Å². The van der Waals surface area contributed by atoms with Crippen molar-refractivity contribution in [1.82, 2.24) is 9.55 Å². The normalized spacial score (nSPS) is 13.3. The van der Waals surface area contributed by atoms with Crippen LogP contribution in [0.1, 0.15) is 28.9 Å². The minimum atomic E-state index is -0.830. The van der Waals surface area contributed by atoms with Crippen molar-refractivity contribution in [3.05, 3.63) is 108 Å². The Morgan fingerprint density at radius 2 is 1.62 bits per heavy atom. The van der Waals surface area contributed by atoms with Gasteiger partial charge in [-0.2, -0.15) is 0 Å². The number of aryl methyl sites for hydroxylation is 1. The van der Waals surface area contributed by atoms with Crippen LogP contribution in [0, 0.1) is 0 Å². The molecule has 0 saturated carbocycles. The molecule has 3 aromatic carbocycles. The van der Waals surface area contributed by atoms with Crippen LogP contribution in [0.15, 0.2) is 85.2 Å². The summed E-state index contributed by atoms with van der Waals surface area (Å²) in [6.45, 7) is 0.988. The molecule has 1 aromatic heterocycles. The zero-order valence-electron chi connectivity index (χ0n) is 19.0. The lowest BCUT2D eigenvalue weighted by Crippen LogP contribution is -2.32. The van der Waals surface area contributed by atoms with Gasteiger partial charge in [0.15, 0.2) is 0 Å². The van der Waals surface area contributed by atoms with Crippen molar-refractivity contribution >= 4 is 5.97 Å². The molecule has 0 radical (unpaired) electrons. The molecule has 0 bridgehead atoms. The molecule has 4 aromatic rings. The number of rotatable bonds is 9. The smallest absolute Gasteiger partial charge is 0.303 e. The second kappa shape index (κ2) is 9.15. The summed E-state index contributed by atoms with van der Waals surface area (Å²) < 4.78 is 14.2. The fourth-order valence-electron chi connectivity index (χ4n) is 4.86. The van der Waals surface area contributed by atoms with E-state index in [1.807, 2.05) is 35.0 Å². The number of ether oxygens (including phenoxy) is 2. The lowest BCUT2D eigenvalue weighted by Gasteiger charge is -2.33. The number of imidazole rings is 1. The molecular formula is C28H26N2O4. The van der Waals surface area contributed by atoms with Crippen LogP contribution in [0.5, 0.6) is 5.75 Å². The highest BCUT2D eigenvalue weighted by Crippen LogP contribution is 2.53. The second-order valence-electron chi connectivity index (χ2n) is 8.28. The summed E-state index contributed by atoms with van der Waals surface area (Å²) in [7, 11) is 1.66. The number of hydrogen-bond acceptors (Lipinski definition) is 4. The van der Waals surface area contributed by atoms with E-state index in [2.05, 4.69) is 53.5 Å². The number of carbonyl (C=O) groups is 1. The van der Waals surface area contributed by atoms with Crippen molar-refractivity contribution in [3.63, 3.8) is 0 Å². The van der Waals surface area contributed by atoms with Crippen LogP contribution < -0.4 is 4.74 Å². The van der Waals surface area contributed by atoms with Gasteiger partial charge in [-0.3, -0.25) is 4.79 Å². The topological polar surface area (TPSA) is 73.6 Å². The first kappa shape index (κ1) is 21.9. The summed E-state index contributed by atoms with van der Waals surface area (Å²) in [5, 5.41) is 9.04. The molecule has 5 rings (SSSR count). The summed E-state index contributed by atoms with van der Waals surface area (Å²) in [6.07, 6.45) is 4.01. The average Bonchev–Trinajstić information content (AvgIpc) is 3.44. The van der Waals surface area contributed by atoms with E-state index in [9.17, 15) is 4.79 Å². The molecule has 0 amide bonds. The molecule has 0 unspecified atom stereocenters. The summed E-state index contributed by atoms with van der Waals surface area (Å²) >= 11 is 0. The second-order valence-corrected chi connectivity index (χ2v) is 8.28. The van der Waals surface area contributed by atoms with Gasteiger partial charge < -0.3 is 19.1 Å². The lowest BCUT2D eigenvalue weighted by molar-refractivity contribution is -0.137. The van der Waals surface area contributed by atoms with E-state index in [4.69, 9.17) is 14.6 Å². The van der Waals surface area contributed by atoms with E-state index in [1.54, 1.807) is 13.3 Å². The third-order valence-corrected chi connectivity index (χ3v) is 6.41. The maximum Gasteiger partial charge on any atom is 0.303 e. The van der Waals surface area contributed by atoms with Crippen LogP contribution >= 0.6 is 0 Å². The molecule has 1 N–H and O–H groups in total. The van der Waals surface area contributed by atoms with Gasteiger partial charge in [0, 0.05) is 36.5 Å². The molecule has 6 nitrogen and oxygen atoms in total. The number of carboxylic acid groups (broad SMARTS) is 1. The number of benzene rings is 3. The number of carboxylic acids is 1. The van der Waals surface area contributed by atoms with Gasteiger partial charge in [-0.1, -0.05) is 60.7 Å². The van der Waals surface area contributed by atoms with E-state index >= 15 is 0 Å². The summed E-state index contributed by atoms with van der Waals surface area (Å²) in [4.78, 5) is 15.3. The van der Waals surface area contributed by atoms with Crippen LogP contribution in [-0.2, 0) is 28.1 Å². The highest BCUT2D eigenvalue weighted by molar-refractivity contribution is 5.82. The molecule has 6 heteroatoms. The van der Waals surface area contributed by atoms with E-state index in [-0.39, 0.29) is 6.42 Å². The zero-order chi connectivity index (χ0) is 23.5. The largest absolute Gasteiger partial charge is 0.497 e. The van der Waals surface area contributed by atoms with Gasteiger partial charge >= 0.3 is 5.97 Å².